The summed E-state index contributed by atoms with van der Waals surface area (Å²) in [7, 11) is 1.31. The van der Waals surface area contributed by atoms with E-state index in [-0.39, 0.29) is 30.1 Å². The molecule has 0 bridgehead atoms. The molecule has 5 rings (SSSR count). The lowest BCUT2D eigenvalue weighted by molar-refractivity contribution is -0.119. The normalized spacial score (nSPS) is 20.9. The minimum absolute atomic E-state index is 0.102. The smallest absolute Gasteiger partial charge is 0.337 e. The molecule has 0 radical (unpaired) electrons. The fourth-order valence-electron chi connectivity index (χ4n) is 6.18. The summed E-state index contributed by atoms with van der Waals surface area (Å²) in [6.45, 7) is 7.98. The topological polar surface area (TPSA) is 63.7 Å². The first-order valence-electron chi connectivity index (χ1n) is 12.8. The van der Waals surface area contributed by atoms with Crippen molar-refractivity contribution in [2.75, 3.05) is 12.0 Å². The average molecular weight is 520 g/mol. The largest absolute Gasteiger partial charge is 0.465 e. The van der Waals surface area contributed by atoms with Gasteiger partial charge in [0.05, 0.1) is 18.4 Å². The molecule has 0 fully saturated rings. The fourth-order valence-corrected chi connectivity index (χ4v) is 6.18. The van der Waals surface area contributed by atoms with Gasteiger partial charge in [0.2, 0.25) is 0 Å². The van der Waals surface area contributed by atoms with Crippen LogP contribution >= 0.6 is 0 Å². The predicted octanol–water partition coefficient (Wildman–Crippen LogP) is 6.64. The number of rotatable bonds is 3. The Morgan fingerprint density at radius 3 is 1.84 bits per heavy atom. The van der Waals surface area contributed by atoms with Crippen molar-refractivity contribution in [2.45, 2.75) is 59.3 Å². The third-order valence-corrected chi connectivity index (χ3v) is 7.73. The zero-order valence-corrected chi connectivity index (χ0v) is 22.3. The van der Waals surface area contributed by atoms with Crippen LogP contribution in [0.25, 0.3) is 0 Å². The summed E-state index contributed by atoms with van der Waals surface area (Å²) < 4.78 is 34.1. The van der Waals surface area contributed by atoms with E-state index in [9.17, 15) is 18.8 Å². The van der Waals surface area contributed by atoms with E-state index in [1.165, 1.54) is 19.2 Å². The number of nitrogens with zero attached hydrogens (tertiary/aromatic N) is 1. The van der Waals surface area contributed by atoms with E-state index in [0.29, 0.717) is 46.5 Å². The molecule has 0 saturated carbocycles. The summed E-state index contributed by atoms with van der Waals surface area (Å²) in [6, 6.07) is 10.2. The molecule has 0 aromatic heterocycles. The number of benzene rings is 2. The molecular weight excluding hydrogens is 488 g/mol. The molecule has 0 unspecified atom stereocenters. The summed E-state index contributed by atoms with van der Waals surface area (Å²) in [4.78, 5) is 41.4. The molecule has 198 valence electrons. The zero-order chi connectivity index (χ0) is 27.6. The van der Waals surface area contributed by atoms with Crippen molar-refractivity contribution in [3.05, 3.63) is 87.8 Å². The number of methoxy groups -OCH3 is 1. The van der Waals surface area contributed by atoms with Crippen LogP contribution < -0.4 is 4.90 Å². The Morgan fingerprint density at radius 2 is 1.37 bits per heavy atom. The van der Waals surface area contributed by atoms with E-state index in [2.05, 4.69) is 0 Å². The van der Waals surface area contributed by atoms with Gasteiger partial charge in [-0.25, -0.2) is 13.6 Å². The molecule has 0 amide bonds. The average Bonchev–Trinajstić information content (AvgIpc) is 2.82. The second-order valence-corrected chi connectivity index (χ2v) is 12.1. The molecule has 0 spiro atoms. The third-order valence-electron chi connectivity index (χ3n) is 7.73. The minimum Gasteiger partial charge on any atom is -0.465 e. The molecule has 2 aliphatic carbocycles. The number of ketones is 2. The van der Waals surface area contributed by atoms with Gasteiger partial charge in [0.15, 0.2) is 11.6 Å². The van der Waals surface area contributed by atoms with Gasteiger partial charge < -0.3 is 9.64 Å². The summed E-state index contributed by atoms with van der Waals surface area (Å²) in [6.07, 6.45) is 1.52. The summed E-state index contributed by atoms with van der Waals surface area (Å²) in [5.41, 5.74) is 2.62. The second kappa shape index (κ2) is 9.00. The highest BCUT2D eigenvalue weighted by Crippen LogP contribution is 2.55. The standard InChI is InChI=1S/C31H31F2NO4/c1-30(2)13-22-27(24(35)15-30)26(17-6-8-18(9-7-17)29(37)38-5)28-23(14-31(3,4)16-25(28)36)34(22)21-11-10-19(32)12-20(21)33/h6-12,26H,13-16H2,1-5H3. The number of carbonyl (C=O) groups is 3. The maximum Gasteiger partial charge on any atom is 0.337 e. The Morgan fingerprint density at radius 1 is 0.842 bits per heavy atom. The minimum atomic E-state index is -0.753. The molecule has 0 atom stereocenters. The van der Waals surface area contributed by atoms with Gasteiger partial charge in [0, 0.05) is 47.4 Å². The Bertz CT molecular complexity index is 1380. The van der Waals surface area contributed by atoms with Gasteiger partial charge in [0.1, 0.15) is 11.6 Å². The van der Waals surface area contributed by atoms with E-state index >= 15 is 4.39 Å². The molecule has 38 heavy (non-hydrogen) atoms. The number of esters is 1. The second-order valence-electron chi connectivity index (χ2n) is 12.1. The van der Waals surface area contributed by atoms with Crippen LogP contribution in [0, 0.1) is 22.5 Å². The molecule has 5 nitrogen and oxygen atoms in total. The maximum atomic E-state index is 15.4. The quantitative estimate of drug-likeness (QED) is 0.426. The van der Waals surface area contributed by atoms with Gasteiger partial charge in [-0.05, 0) is 53.5 Å². The van der Waals surface area contributed by atoms with Crippen molar-refractivity contribution in [3.8, 4) is 0 Å². The highest BCUT2D eigenvalue weighted by atomic mass is 19.1. The van der Waals surface area contributed by atoms with Gasteiger partial charge in [-0.15, -0.1) is 0 Å². The lowest BCUT2D eigenvalue weighted by Gasteiger charge is -2.49. The van der Waals surface area contributed by atoms with Crippen LogP contribution in [0.2, 0.25) is 0 Å². The number of ether oxygens (including phenoxy) is 1. The number of halogens is 2. The maximum absolute atomic E-state index is 15.4. The molecule has 3 aliphatic rings. The molecule has 2 aromatic rings. The van der Waals surface area contributed by atoms with Crippen LogP contribution in [0.1, 0.15) is 75.2 Å². The van der Waals surface area contributed by atoms with Crippen molar-refractivity contribution in [1.82, 2.24) is 0 Å². The van der Waals surface area contributed by atoms with E-state index in [1.807, 2.05) is 27.7 Å². The van der Waals surface area contributed by atoms with Crippen LogP contribution in [0.3, 0.4) is 0 Å². The lowest BCUT2D eigenvalue weighted by Crippen LogP contribution is -2.44. The number of carbonyl (C=O) groups excluding carboxylic acids is 3. The Kier molecular flexibility index (Phi) is 6.16. The van der Waals surface area contributed by atoms with E-state index in [4.69, 9.17) is 4.74 Å². The number of hydrogen-bond donors (Lipinski definition) is 0. The summed E-state index contributed by atoms with van der Waals surface area (Å²) in [5, 5.41) is 0. The van der Waals surface area contributed by atoms with Crippen LogP contribution in [0.4, 0.5) is 14.5 Å². The summed E-state index contributed by atoms with van der Waals surface area (Å²) >= 11 is 0. The Hall–Kier alpha value is -3.61. The first-order chi connectivity index (χ1) is 17.8. The number of Topliss-reactive ketones (excluding diaryl/α,β-unsaturated/α-hetero) is 2. The van der Waals surface area contributed by atoms with E-state index in [1.54, 1.807) is 29.2 Å². The van der Waals surface area contributed by atoms with Gasteiger partial charge in [0.25, 0.3) is 0 Å². The number of allylic oxidation sites excluding steroid dienone is 4. The molecule has 1 heterocycles. The SMILES string of the molecule is COC(=O)c1ccc(C2C3=C(CC(C)(C)CC3=O)N(c3ccc(F)cc3F)C3=C2C(=O)CC(C)(C)C3)cc1. The first-order valence-corrected chi connectivity index (χ1v) is 12.8. The first kappa shape index (κ1) is 26.0. The molecule has 2 aromatic carbocycles. The lowest BCUT2D eigenvalue weighted by atomic mass is 9.63. The Balaban J connectivity index is 1.80. The molecule has 0 N–H and O–H groups in total. The predicted molar refractivity (Wildman–Crippen MR) is 139 cm³/mol. The number of anilines is 1. The van der Waals surface area contributed by atoms with E-state index < -0.39 is 34.4 Å². The van der Waals surface area contributed by atoms with Crippen molar-refractivity contribution in [2.24, 2.45) is 10.8 Å². The van der Waals surface area contributed by atoms with Crippen LogP contribution in [-0.4, -0.2) is 24.6 Å². The molecular formula is C31H31F2NO4. The summed E-state index contributed by atoms with van der Waals surface area (Å²) in [5.74, 6) is -2.78. The van der Waals surface area contributed by atoms with Gasteiger partial charge in [-0.1, -0.05) is 39.8 Å². The van der Waals surface area contributed by atoms with Crippen LogP contribution in [-0.2, 0) is 14.3 Å². The van der Waals surface area contributed by atoms with Gasteiger partial charge >= 0.3 is 5.97 Å². The van der Waals surface area contributed by atoms with E-state index in [0.717, 1.165) is 6.07 Å². The van der Waals surface area contributed by atoms with Gasteiger partial charge in [-0.3, -0.25) is 9.59 Å². The number of hydrogen-bond acceptors (Lipinski definition) is 5. The molecule has 1 aliphatic heterocycles. The third kappa shape index (κ3) is 4.38. The van der Waals surface area contributed by atoms with Crippen LogP contribution in [0.5, 0.6) is 0 Å². The molecule has 7 heteroatoms. The van der Waals surface area contributed by atoms with Crippen molar-refractivity contribution in [3.63, 3.8) is 0 Å². The van der Waals surface area contributed by atoms with Crippen molar-refractivity contribution in [1.29, 1.82) is 0 Å². The monoisotopic (exact) mass is 519 g/mol. The zero-order valence-electron chi connectivity index (χ0n) is 22.3. The Labute approximate surface area is 221 Å². The fraction of sp³-hybridized carbons (Fsp3) is 0.387. The van der Waals surface area contributed by atoms with Crippen molar-refractivity contribution >= 4 is 23.2 Å². The van der Waals surface area contributed by atoms with Crippen LogP contribution in [0.15, 0.2) is 65.0 Å². The molecule has 0 saturated heterocycles. The van der Waals surface area contributed by atoms with Gasteiger partial charge in [-0.2, -0.15) is 0 Å². The highest BCUT2D eigenvalue weighted by Gasteiger charge is 2.49. The van der Waals surface area contributed by atoms with Crippen molar-refractivity contribution < 1.29 is 27.9 Å². The highest BCUT2D eigenvalue weighted by molar-refractivity contribution is 6.08.